The van der Waals surface area contributed by atoms with Crippen LogP contribution in [0.3, 0.4) is 0 Å². The average Bonchev–Trinajstić information content (AvgIpc) is 3.23. The molecular formula is C13H21N3O6. The summed E-state index contributed by atoms with van der Waals surface area (Å²) in [4.78, 5) is 28.1. The normalized spacial score (nSPS) is 31.5. The molecule has 9 nitrogen and oxygen atoms in total. The number of urea groups is 1. The zero-order valence-electron chi connectivity index (χ0n) is 12.3. The first kappa shape index (κ1) is 16.8. The van der Waals surface area contributed by atoms with Crippen molar-refractivity contribution in [2.75, 3.05) is 13.2 Å². The highest BCUT2D eigenvalue weighted by Gasteiger charge is 2.42. The van der Waals surface area contributed by atoms with E-state index in [0.717, 1.165) is 12.8 Å². The summed E-state index contributed by atoms with van der Waals surface area (Å²) in [5.41, 5.74) is 0. The minimum atomic E-state index is -1.29. The molecule has 9 heteroatoms. The van der Waals surface area contributed by atoms with Crippen LogP contribution < -0.4 is 5.32 Å². The van der Waals surface area contributed by atoms with Gasteiger partial charge < -0.3 is 20.1 Å². The Labute approximate surface area is 127 Å². The van der Waals surface area contributed by atoms with E-state index in [0.29, 0.717) is 12.5 Å². The van der Waals surface area contributed by atoms with Gasteiger partial charge >= 0.3 is 6.03 Å². The number of hydrogen-bond donors (Lipinski definition) is 4. The van der Waals surface area contributed by atoms with Gasteiger partial charge in [0.2, 0.25) is 5.91 Å². The standard InChI is InChI=1S/C13H21N3O6/c1-7(18)15-13(21)16(4-8-2-3-8)6-14-12-11(20)10(19)9(5-17)22-12/h6,8-12,17,19-20H,2-5H2,1H3,(H,15,18,21)/t9-,10?,11+,12-/m1/s1. The van der Waals surface area contributed by atoms with Crippen molar-refractivity contribution < 1.29 is 29.6 Å². The van der Waals surface area contributed by atoms with Crippen LogP contribution in [0.15, 0.2) is 4.99 Å². The van der Waals surface area contributed by atoms with Gasteiger partial charge in [0.05, 0.1) is 12.9 Å². The summed E-state index contributed by atoms with van der Waals surface area (Å²) < 4.78 is 5.19. The molecule has 1 unspecified atom stereocenters. The number of aliphatic imine (C=N–C) groups is 1. The number of hydrogen-bond acceptors (Lipinski definition) is 7. The number of nitrogens with one attached hydrogen (secondary N) is 1. The molecule has 124 valence electrons. The fourth-order valence-electron chi connectivity index (χ4n) is 2.13. The van der Waals surface area contributed by atoms with Crippen molar-refractivity contribution in [3.05, 3.63) is 0 Å². The first-order chi connectivity index (χ1) is 10.4. The summed E-state index contributed by atoms with van der Waals surface area (Å²) >= 11 is 0. The van der Waals surface area contributed by atoms with E-state index in [-0.39, 0.29) is 0 Å². The van der Waals surface area contributed by atoms with Crippen LogP contribution in [0.5, 0.6) is 0 Å². The molecule has 22 heavy (non-hydrogen) atoms. The fourth-order valence-corrected chi connectivity index (χ4v) is 2.13. The number of nitrogens with zero attached hydrogens (tertiary/aromatic N) is 2. The van der Waals surface area contributed by atoms with Crippen molar-refractivity contribution >= 4 is 18.3 Å². The highest BCUT2D eigenvalue weighted by molar-refractivity contribution is 5.97. The quantitative estimate of drug-likeness (QED) is 0.358. The first-order valence-corrected chi connectivity index (χ1v) is 7.16. The lowest BCUT2D eigenvalue weighted by atomic mass is 10.1. The highest BCUT2D eigenvalue weighted by atomic mass is 16.6. The minimum Gasteiger partial charge on any atom is -0.394 e. The molecule has 2 rings (SSSR count). The Hall–Kier alpha value is -1.55. The summed E-state index contributed by atoms with van der Waals surface area (Å²) in [6, 6.07) is -0.602. The fraction of sp³-hybridized carbons (Fsp3) is 0.769. The van der Waals surface area contributed by atoms with E-state index in [2.05, 4.69) is 10.3 Å². The second kappa shape index (κ2) is 7.14. The number of aliphatic hydroxyl groups excluding tert-OH is 3. The monoisotopic (exact) mass is 315 g/mol. The van der Waals surface area contributed by atoms with Gasteiger partial charge in [-0.3, -0.25) is 15.0 Å². The van der Waals surface area contributed by atoms with Gasteiger partial charge in [-0.25, -0.2) is 9.79 Å². The van der Waals surface area contributed by atoms with Crippen LogP contribution >= 0.6 is 0 Å². The lowest BCUT2D eigenvalue weighted by Crippen LogP contribution is -2.42. The van der Waals surface area contributed by atoms with E-state index in [4.69, 9.17) is 9.84 Å². The summed E-state index contributed by atoms with van der Waals surface area (Å²) in [6.07, 6.45) is -1.31. The number of ether oxygens (including phenoxy) is 1. The average molecular weight is 315 g/mol. The molecule has 2 fully saturated rings. The minimum absolute atomic E-state index is 0.370. The van der Waals surface area contributed by atoms with E-state index in [1.165, 1.54) is 18.2 Å². The second-order valence-electron chi connectivity index (χ2n) is 5.58. The third kappa shape index (κ3) is 4.23. The zero-order valence-corrected chi connectivity index (χ0v) is 12.3. The summed E-state index contributed by atoms with van der Waals surface area (Å²) in [5, 5.41) is 30.6. The molecular weight excluding hydrogens is 294 g/mol. The van der Waals surface area contributed by atoms with Crippen LogP contribution in [-0.4, -0.2) is 76.2 Å². The topological polar surface area (TPSA) is 132 Å². The maximum atomic E-state index is 11.9. The Morgan fingerprint density at radius 2 is 2.05 bits per heavy atom. The molecule has 1 aliphatic carbocycles. The van der Waals surface area contributed by atoms with Crippen molar-refractivity contribution in [2.24, 2.45) is 10.9 Å². The van der Waals surface area contributed by atoms with E-state index >= 15 is 0 Å². The maximum Gasteiger partial charge on any atom is 0.329 e. The molecule has 4 N–H and O–H groups in total. The third-order valence-electron chi connectivity index (χ3n) is 3.57. The summed E-state index contributed by atoms with van der Waals surface area (Å²) in [7, 11) is 0. The van der Waals surface area contributed by atoms with E-state index in [9.17, 15) is 19.8 Å². The molecule has 2 aliphatic rings. The molecule has 0 aromatic rings. The molecule has 0 aromatic heterocycles. The van der Waals surface area contributed by atoms with Crippen molar-refractivity contribution in [3.63, 3.8) is 0 Å². The van der Waals surface area contributed by atoms with Crippen LogP contribution in [0, 0.1) is 5.92 Å². The van der Waals surface area contributed by atoms with E-state index in [1.807, 2.05) is 0 Å². The molecule has 1 saturated carbocycles. The van der Waals surface area contributed by atoms with Gasteiger partial charge in [-0.1, -0.05) is 0 Å². The molecule has 3 amide bonds. The number of carbonyl (C=O) groups excluding carboxylic acids is 2. The van der Waals surface area contributed by atoms with Crippen LogP contribution in [-0.2, 0) is 9.53 Å². The van der Waals surface area contributed by atoms with Crippen LogP contribution in [0.25, 0.3) is 0 Å². The summed E-state index contributed by atoms with van der Waals surface area (Å²) in [6.45, 7) is 1.20. The second-order valence-corrected chi connectivity index (χ2v) is 5.58. The zero-order chi connectivity index (χ0) is 16.3. The molecule has 0 spiro atoms. The van der Waals surface area contributed by atoms with E-state index in [1.54, 1.807) is 0 Å². The molecule has 0 aromatic carbocycles. The first-order valence-electron chi connectivity index (χ1n) is 7.16. The number of imide groups is 1. The summed E-state index contributed by atoms with van der Waals surface area (Å²) in [5.74, 6) is -0.110. The number of aliphatic hydroxyl groups is 3. The smallest absolute Gasteiger partial charge is 0.329 e. The van der Waals surface area contributed by atoms with Crippen molar-refractivity contribution in [1.82, 2.24) is 10.2 Å². The van der Waals surface area contributed by atoms with Gasteiger partial charge in [0.15, 0.2) is 6.23 Å². The van der Waals surface area contributed by atoms with Crippen molar-refractivity contribution in [2.45, 2.75) is 44.3 Å². The third-order valence-corrected chi connectivity index (χ3v) is 3.57. The number of carbonyl (C=O) groups is 2. The van der Waals surface area contributed by atoms with Gasteiger partial charge in [-0.15, -0.1) is 0 Å². The SMILES string of the molecule is CC(=O)NC(=O)N(C=N[C@@H]1O[C@H](CO)C(O)[C@@H]1O)CC1CC1. The number of amides is 3. The van der Waals surface area contributed by atoms with Gasteiger partial charge in [0.1, 0.15) is 18.3 Å². The van der Waals surface area contributed by atoms with Gasteiger partial charge in [-0.05, 0) is 18.8 Å². The molecule has 4 atom stereocenters. The van der Waals surface area contributed by atoms with E-state index < -0.39 is 43.1 Å². The largest absolute Gasteiger partial charge is 0.394 e. The van der Waals surface area contributed by atoms with Crippen LogP contribution in [0.1, 0.15) is 19.8 Å². The van der Waals surface area contributed by atoms with Crippen molar-refractivity contribution in [3.8, 4) is 0 Å². The lowest BCUT2D eigenvalue weighted by molar-refractivity contribution is -0.118. The highest BCUT2D eigenvalue weighted by Crippen LogP contribution is 2.29. The Morgan fingerprint density at radius 1 is 1.36 bits per heavy atom. The Morgan fingerprint density at radius 3 is 2.55 bits per heavy atom. The molecule has 0 bridgehead atoms. The Bertz CT molecular complexity index is 453. The van der Waals surface area contributed by atoms with Crippen LogP contribution in [0.4, 0.5) is 4.79 Å². The van der Waals surface area contributed by atoms with Crippen LogP contribution in [0.2, 0.25) is 0 Å². The van der Waals surface area contributed by atoms with Crippen molar-refractivity contribution in [1.29, 1.82) is 0 Å². The Balaban J connectivity index is 1.99. The van der Waals surface area contributed by atoms with Gasteiger partial charge in [0, 0.05) is 13.5 Å². The van der Waals surface area contributed by atoms with Gasteiger partial charge in [0.25, 0.3) is 0 Å². The molecule has 1 aliphatic heterocycles. The molecule has 1 saturated heterocycles. The maximum absolute atomic E-state index is 11.9. The van der Waals surface area contributed by atoms with Gasteiger partial charge in [-0.2, -0.15) is 0 Å². The number of rotatable bonds is 5. The predicted molar refractivity (Wildman–Crippen MR) is 74.9 cm³/mol. The predicted octanol–water partition coefficient (Wildman–Crippen LogP) is -1.58. The molecule has 1 heterocycles. The molecule has 0 radical (unpaired) electrons. The lowest BCUT2D eigenvalue weighted by Gasteiger charge is -2.18. The Kier molecular flexibility index (Phi) is 5.46.